The van der Waals surface area contributed by atoms with E-state index in [2.05, 4.69) is 15.1 Å². The predicted molar refractivity (Wildman–Crippen MR) is 90.8 cm³/mol. The quantitative estimate of drug-likeness (QED) is 0.675. The van der Waals surface area contributed by atoms with Crippen molar-refractivity contribution in [3.8, 4) is 11.4 Å². The first kappa shape index (κ1) is 15.3. The molecule has 6 nitrogen and oxygen atoms in total. The van der Waals surface area contributed by atoms with Gasteiger partial charge in [-0.05, 0) is 33.8 Å². The van der Waals surface area contributed by atoms with Gasteiger partial charge in [-0.15, -0.1) is 0 Å². The van der Waals surface area contributed by atoms with Crippen LogP contribution < -0.4 is 5.46 Å². The van der Waals surface area contributed by atoms with E-state index in [9.17, 15) is 0 Å². The van der Waals surface area contributed by atoms with E-state index in [4.69, 9.17) is 13.8 Å². The summed E-state index contributed by atoms with van der Waals surface area (Å²) in [6.07, 6.45) is 4.92. The number of hydrogen-bond acceptors (Lipinski definition) is 6. The summed E-state index contributed by atoms with van der Waals surface area (Å²) in [5, 5.41) is 5.05. The lowest BCUT2D eigenvalue weighted by Gasteiger charge is -2.32. The van der Waals surface area contributed by atoms with Gasteiger partial charge in [0.05, 0.1) is 22.8 Å². The van der Waals surface area contributed by atoms with E-state index in [0.29, 0.717) is 17.0 Å². The zero-order valence-electron chi connectivity index (χ0n) is 14.1. The lowest BCUT2D eigenvalue weighted by atomic mass is 9.78. The van der Waals surface area contributed by atoms with Crippen LogP contribution in [0.25, 0.3) is 22.4 Å². The molecule has 1 aromatic carbocycles. The summed E-state index contributed by atoms with van der Waals surface area (Å²) in [6, 6.07) is 5.83. The fourth-order valence-electron chi connectivity index (χ4n) is 2.75. The third-order valence-electron chi connectivity index (χ3n) is 4.84. The van der Waals surface area contributed by atoms with Gasteiger partial charge in [0.15, 0.2) is 5.58 Å². The molecule has 0 unspecified atom stereocenters. The largest absolute Gasteiger partial charge is 0.498 e. The summed E-state index contributed by atoms with van der Waals surface area (Å²) in [4.78, 5) is 8.39. The molecule has 0 radical (unpaired) electrons. The number of benzene rings is 1. The number of para-hydroxylation sites is 1. The minimum atomic E-state index is -0.499. The van der Waals surface area contributed by atoms with Crippen molar-refractivity contribution in [3.63, 3.8) is 0 Å². The van der Waals surface area contributed by atoms with Crippen LogP contribution in [0.15, 0.2) is 41.3 Å². The first-order chi connectivity index (χ1) is 11.4. The molecule has 3 heterocycles. The van der Waals surface area contributed by atoms with E-state index in [1.165, 1.54) is 0 Å². The Morgan fingerprint density at radius 3 is 2.42 bits per heavy atom. The van der Waals surface area contributed by atoms with Gasteiger partial charge in [-0.1, -0.05) is 17.3 Å². The summed E-state index contributed by atoms with van der Waals surface area (Å²) >= 11 is 0. The number of aromatic nitrogens is 3. The fourth-order valence-corrected chi connectivity index (χ4v) is 2.75. The van der Waals surface area contributed by atoms with E-state index in [1.54, 1.807) is 18.6 Å². The third-order valence-corrected chi connectivity index (χ3v) is 4.84. The van der Waals surface area contributed by atoms with Crippen molar-refractivity contribution in [2.75, 3.05) is 0 Å². The van der Waals surface area contributed by atoms with E-state index in [1.807, 2.05) is 45.9 Å². The third kappa shape index (κ3) is 2.24. The highest BCUT2D eigenvalue weighted by atomic mass is 16.7. The normalized spacial score (nSPS) is 19.1. The Kier molecular flexibility index (Phi) is 3.27. The van der Waals surface area contributed by atoms with Crippen LogP contribution in [0, 0.1) is 0 Å². The maximum atomic E-state index is 6.14. The molecule has 4 rings (SSSR count). The van der Waals surface area contributed by atoms with Crippen LogP contribution >= 0.6 is 0 Å². The molecule has 0 aliphatic carbocycles. The average Bonchev–Trinajstić information content (AvgIpc) is 3.06. The van der Waals surface area contributed by atoms with Gasteiger partial charge in [-0.2, -0.15) is 0 Å². The Hall–Kier alpha value is -2.25. The molecule has 1 aliphatic rings. The second-order valence-corrected chi connectivity index (χ2v) is 6.93. The molecule has 0 saturated carbocycles. The van der Waals surface area contributed by atoms with Crippen molar-refractivity contribution in [1.29, 1.82) is 0 Å². The van der Waals surface area contributed by atoms with E-state index in [0.717, 1.165) is 10.8 Å². The van der Waals surface area contributed by atoms with Crippen molar-refractivity contribution < 1.29 is 13.8 Å². The van der Waals surface area contributed by atoms with Crippen molar-refractivity contribution >= 4 is 23.6 Å². The summed E-state index contributed by atoms with van der Waals surface area (Å²) in [7, 11) is -0.499. The zero-order valence-corrected chi connectivity index (χ0v) is 14.1. The standard InChI is InChI=1S/C17H18BN3O3/c1-16(2)17(3,4)24-18(23-16)12-7-5-6-11-14(21-22-15(11)12)13-10-19-8-9-20-13/h5-10H,1-4H3. The fraction of sp³-hybridized carbons (Fsp3) is 0.353. The molecule has 0 N–H and O–H groups in total. The van der Waals surface area contributed by atoms with E-state index >= 15 is 0 Å². The maximum Gasteiger partial charge on any atom is 0.498 e. The van der Waals surface area contributed by atoms with Gasteiger partial charge < -0.3 is 13.8 Å². The summed E-state index contributed by atoms with van der Waals surface area (Å²) < 4.78 is 17.9. The summed E-state index contributed by atoms with van der Waals surface area (Å²) in [6.45, 7) is 8.11. The van der Waals surface area contributed by atoms with Gasteiger partial charge in [0.25, 0.3) is 0 Å². The Bertz CT molecular complexity index is 876. The van der Waals surface area contributed by atoms with Crippen LogP contribution in [-0.4, -0.2) is 33.4 Å². The number of nitrogens with zero attached hydrogens (tertiary/aromatic N) is 3. The highest BCUT2D eigenvalue weighted by Crippen LogP contribution is 2.37. The van der Waals surface area contributed by atoms with Crippen LogP contribution in [0.2, 0.25) is 0 Å². The molecule has 1 fully saturated rings. The van der Waals surface area contributed by atoms with Crippen LogP contribution in [0.5, 0.6) is 0 Å². The van der Waals surface area contributed by atoms with Crippen molar-refractivity contribution in [2.45, 2.75) is 38.9 Å². The highest BCUT2D eigenvalue weighted by Gasteiger charge is 2.52. The molecule has 122 valence electrons. The highest BCUT2D eigenvalue weighted by molar-refractivity contribution is 6.64. The van der Waals surface area contributed by atoms with Gasteiger partial charge in [-0.3, -0.25) is 9.97 Å². The van der Waals surface area contributed by atoms with Crippen molar-refractivity contribution in [2.24, 2.45) is 0 Å². The van der Waals surface area contributed by atoms with E-state index in [-0.39, 0.29) is 0 Å². The van der Waals surface area contributed by atoms with Gasteiger partial charge in [0.2, 0.25) is 0 Å². The molecule has 1 saturated heterocycles. The van der Waals surface area contributed by atoms with E-state index < -0.39 is 18.3 Å². The molecule has 0 bridgehead atoms. The molecule has 3 aromatic rings. The monoisotopic (exact) mass is 323 g/mol. The Balaban J connectivity index is 1.81. The first-order valence-electron chi connectivity index (χ1n) is 7.89. The second kappa shape index (κ2) is 5.12. The molecule has 24 heavy (non-hydrogen) atoms. The van der Waals surface area contributed by atoms with Crippen LogP contribution in [0.3, 0.4) is 0 Å². The van der Waals surface area contributed by atoms with Crippen LogP contribution in [0.4, 0.5) is 0 Å². The van der Waals surface area contributed by atoms with Gasteiger partial charge in [0, 0.05) is 17.9 Å². The zero-order chi connectivity index (χ0) is 16.9. The molecule has 7 heteroatoms. The molecule has 1 aliphatic heterocycles. The lowest BCUT2D eigenvalue weighted by Crippen LogP contribution is -2.41. The van der Waals surface area contributed by atoms with Crippen molar-refractivity contribution in [1.82, 2.24) is 15.1 Å². The number of rotatable bonds is 2. The lowest BCUT2D eigenvalue weighted by molar-refractivity contribution is 0.00578. The maximum absolute atomic E-state index is 6.14. The second-order valence-electron chi connectivity index (χ2n) is 6.93. The van der Waals surface area contributed by atoms with Crippen LogP contribution in [-0.2, 0) is 9.31 Å². The van der Waals surface area contributed by atoms with Crippen molar-refractivity contribution in [3.05, 3.63) is 36.8 Å². The van der Waals surface area contributed by atoms with Gasteiger partial charge in [-0.25, -0.2) is 0 Å². The average molecular weight is 323 g/mol. The summed E-state index contributed by atoms with van der Waals surface area (Å²) in [5.41, 5.74) is 1.99. The number of fused-ring (bicyclic) bond motifs is 1. The Labute approximate surface area is 140 Å². The molecular formula is C17H18BN3O3. The first-order valence-corrected chi connectivity index (χ1v) is 7.89. The molecule has 0 spiro atoms. The molecular weight excluding hydrogens is 305 g/mol. The van der Waals surface area contributed by atoms with Gasteiger partial charge in [0.1, 0.15) is 11.4 Å². The Morgan fingerprint density at radius 1 is 1.00 bits per heavy atom. The summed E-state index contributed by atoms with van der Waals surface area (Å²) in [5.74, 6) is 0. The minimum absolute atomic E-state index is 0.409. The number of hydrogen-bond donors (Lipinski definition) is 0. The molecule has 0 atom stereocenters. The predicted octanol–water partition coefficient (Wildman–Crippen LogP) is 2.58. The SMILES string of the molecule is CC1(C)OB(c2cccc3c(-c4cnccn4)noc23)OC1(C)C. The molecule has 0 amide bonds. The smallest absolute Gasteiger partial charge is 0.399 e. The minimum Gasteiger partial charge on any atom is -0.399 e. The topological polar surface area (TPSA) is 70.3 Å². The van der Waals surface area contributed by atoms with Crippen LogP contribution in [0.1, 0.15) is 27.7 Å². The molecule has 2 aromatic heterocycles. The Morgan fingerprint density at radius 2 is 1.75 bits per heavy atom. The van der Waals surface area contributed by atoms with Gasteiger partial charge >= 0.3 is 7.12 Å².